The molecule has 3 rings (SSSR count). The van der Waals surface area contributed by atoms with Crippen molar-refractivity contribution < 1.29 is 28.1 Å². The van der Waals surface area contributed by atoms with E-state index >= 15 is 0 Å². The highest BCUT2D eigenvalue weighted by Gasteiger charge is 2.32. The first-order valence-electron chi connectivity index (χ1n) is 7.84. The van der Waals surface area contributed by atoms with Gasteiger partial charge in [0.1, 0.15) is 11.9 Å². The minimum absolute atomic E-state index is 0.0208. The Morgan fingerprint density at radius 1 is 1.29 bits per heavy atom. The maximum Gasteiger partial charge on any atom is 0.418 e. The highest BCUT2D eigenvalue weighted by molar-refractivity contribution is 7.09. The van der Waals surface area contributed by atoms with Gasteiger partial charge in [0.2, 0.25) is 5.13 Å². The molecule has 0 amide bonds. The Hall–Kier alpha value is -2.83. The summed E-state index contributed by atoms with van der Waals surface area (Å²) in [6, 6.07) is 3.96. The summed E-state index contributed by atoms with van der Waals surface area (Å²) in [5, 5.41) is 21.4. The molecule has 0 aromatic carbocycles. The molecule has 8 nitrogen and oxygen atoms in total. The monoisotopic (exact) mass is 413 g/mol. The molecule has 0 fully saturated rings. The fourth-order valence-electron chi connectivity index (χ4n) is 2.07. The number of rotatable bonds is 6. The third-order valence-corrected chi connectivity index (χ3v) is 4.14. The van der Waals surface area contributed by atoms with E-state index in [-0.39, 0.29) is 28.3 Å². The zero-order valence-electron chi connectivity index (χ0n) is 14.3. The highest BCUT2D eigenvalue weighted by atomic mass is 32.1. The summed E-state index contributed by atoms with van der Waals surface area (Å²) >= 11 is 0.843. The molecule has 28 heavy (non-hydrogen) atoms. The van der Waals surface area contributed by atoms with Gasteiger partial charge in [0.05, 0.1) is 17.9 Å². The second-order valence-electron chi connectivity index (χ2n) is 5.54. The third kappa shape index (κ3) is 4.52. The molecule has 0 bridgehead atoms. The Morgan fingerprint density at radius 2 is 2.07 bits per heavy atom. The van der Waals surface area contributed by atoms with Crippen molar-refractivity contribution in [2.45, 2.75) is 19.2 Å². The van der Waals surface area contributed by atoms with Crippen LogP contribution in [-0.2, 0) is 6.18 Å². The quantitative estimate of drug-likeness (QED) is 0.565. The summed E-state index contributed by atoms with van der Waals surface area (Å²) in [7, 11) is 0. The highest BCUT2D eigenvalue weighted by Crippen LogP contribution is 2.37. The molecule has 3 aromatic rings. The van der Waals surface area contributed by atoms with E-state index in [0.29, 0.717) is 11.9 Å². The topological polar surface area (TPSA) is 113 Å². The number of anilines is 2. The second kappa shape index (κ2) is 8.04. The molecular weight excluding hydrogens is 399 g/mol. The summed E-state index contributed by atoms with van der Waals surface area (Å²) in [5.41, 5.74) is -0.501. The van der Waals surface area contributed by atoms with Crippen molar-refractivity contribution in [3.8, 4) is 11.5 Å². The van der Waals surface area contributed by atoms with Crippen molar-refractivity contribution >= 4 is 22.5 Å². The summed E-state index contributed by atoms with van der Waals surface area (Å²) in [6.07, 6.45) is -3.67. The lowest BCUT2D eigenvalue weighted by atomic mass is 10.2. The summed E-state index contributed by atoms with van der Waals surface area (Å²) in [4.78, 5) is 11.8. The standard InChI is InChI=1S/C16H14F3N5O3S/c1-8-11(3-2-4-20-8)27-12-5-9(16(17,18)19)6-21-14(12)23-15-22-13(24-28-15)10(26)7-25/h2-6,10,25-26H,7H2,1H3,(H,21,22,23,24). The Balaban J connectivity index is 1.95. The fourth-order valence-corrected chi connectivity index (χ4v) is 2.69. The molecule has 12 heteroatoms. The van der Waals surface area contributed by atoms with Gasteiger partial charge in [0.25, 0.3) is 0 Å². The Morgan fingerprint density at radius 3 is 2.75 bits per heavy atom. The van der Waals surface area contributed by atoms with E-state index < -0.39 is 24.5 Å². The first-order valence-corrected chi connectivity index (χ1v) is 8.61. The fraction of sp³-hybridized carbons (Fsp3) is 0.250. The Kier molecular flexibility index (Phi) is 5.72. The summed E-state index contributed by atoms with van der Waals surface area (Å²) in [5.74, 6) is 0.0237. The summed E-state index contributed by atoms with van der Waals surface area (Å²) < 4.78 is 48.7. The summed E-state index contributed by atoms with van der Waals surface area (Å²) in [6.45, 7) is 1.08. The lowest BCUT2D eigenvalue weighted by Gasteiger charge is -2.14. The maximum atomic E-state index is 13.1. The van der Waals surface area contributed by atoms with Crippen molar-refractivity contribution in [3.63, 3.8) is 0 Å². The van der Waals surface area contributed by atoms with Crippen molar-refractivity contribution in [1.82, 2.24) is 19.3 Å². The number of hydrogen-bond donors (Lipinski definition) is 3. The molecule has 0 spiro atoms. The molecular formula is C16H14F3N5O3S. The van der Waals surface area contributed by atoms with Crippen LogP contribution in [0.3, 0.4) is 0 Å². The number of nitrogens with one attached hydrogen (secondary N) is 1. The number of alkyl halides is 3. The van der Waals surface area contributed by atoms with E-state index in [9.17, 15) is 18.3 Å². The number of ether oxygens (including phenoxy) is 1. The van der Waals surface area contributed by atoms with Gasteiger partial charge in [-0.2, -0.15) is 17.5 Å². The first kappa shape index (κ1) is 19.9. The second-order valence-corrected chi connectivity index (χ2v) is 6.29. The van der Waals surface area contributed by atoms with Crippen LogP contribution in [0.25, 0.3) is 0 Å². The number of aliphatic hydroxyl groups excluding tert-OH is 2. The number of halogens is 3. The molecule has 1 atom stereocenters. The molecule has 0 saturated carbocycles. The zero-order chi connectivity index (χ0) is 20.3. The lowest BCUT2D eigenvalue weighted by Crippen LogP contribution is -2.08. The van der Waals surface area contributed by atoms with Crippen LogP contribution in [0.15, 0.2) is 30.6 Å². The third-order valence-electron chi connectivity index (χ3n) is 3.50. The SMILES string of the molecule is Cc1ncccc1Oc1cc(C(F)(F)F)cnc1Nc1nc(C(O)CO)ns1. The molecule has 148 valence electrons. The molecule has 1 unspecified atom stereocenters. The molecule has 0 aliphatic rings. The molecule has 0 aliphatic heterocycles. The predicted molar refractivity (Wildman–Crippen MR) is 93.5 cm³/mol. The lowest BCUT2D eigenvalue weighted by molar-refractivity contribution is -0.137. The minimum Gasteiger partial charge on any atom is -0.452 e. The minimum atomic E-state index is -4.60. The number of pyridine rings is 2. The average Bonchev–Trinajstić information content (AvgIpc) is 3.12. The molecule has 0 radical (unpaired) electrons. The number of aryl methyl sites for hydroxylation is 1. The largest absolute Gasteiger partial charge is 0.452 e. The molecule has 0 saturated heterocycles. The molecule has 0 aliphatic carbocycles. The number of hydrogen-bond acceptors (Lipinski definition) is 9. The van der Waals surface area contributed by atoms with Crippen molar-refractivity contribution in [3.05, 3.63) is 47.7 Å². The Labute approximate surface area is 160 Å². The molecule has 3 N–H and O–H groups in total. The van der Waals surface area contributed by atoms with E-state index in [1.807, 2.05) is 0 Å². The van der Waals surface area contributed by atoms with E-state index in [2.05, 4.69) is 24.6 Å². The van der Waals surface area contributed by atoms with Gasteiger partial charge in [-0.1, -0.05) is 0 Å². The predicted octanol–water partition coefficient (Wildman–Crippen LogP) is 3.22. The number of aliphatic hydroxyl groups is 2. The van der Waals surface area contributed by atoms with Crippen LogP contribution in [0.4, 0.5) is 24.1 Å². The van der Waals surface area contributed by atoms with Crippen molar-refractivity contribution in [1.29, 1.82) is 0 Å². The van der Waals surface area contributed by atoms with E-state index in [0.717, 1.165) is 17.6 Å². The van der Waals surface area contributed by atoms with Gasteiger partial charge >= 0.3 is 6.18 Å². The average molecular weight is 413 g/mol. The first-order chi connectivity index (χ1) is 13.3. The van der Waals surface area contributed by atoms with Crippen LogP contribution in [0.2, 0.25) is 0 Å². The van der Waals surface area contributed by atoms with Crippen LogP contribution < -0.4 is 10.1 Å². The van der Waals surface area contributed by atoms with Gasteiger partial charge in [0, 0.05) is 23.9 Å². The van der Waals surface area contributed by atoms with Crippen molar-refractivity contribution in [2.75, 3.05) is 11.9 Å². The van der Waals surface area contributed by atoms with Crippen LogP contribution >= 0.6 is 11.5 Å². The van der Waals surface area contributed by atoms with Crippen molar-refractivity contribution in [2.24, 2.45) is 0 Å². The van der Waals surface area contributed by atoms with Crippen LogP contribution in [-0.4, -0.2) is 36.1 Å². The van der Waals surface area contributed by atoms with E-state index in [4.69, 9.17) is 9.84 Å². The van der Waals surface area contributed by atoms with E-state index in [1.165, 1.54) is 6.20 Å². The molecule has 3 heterocycles. The van der Waals surface area contributed by atoms with Crippen LogP contribution in [0.1, 0.15) is 23.2 Å². The van der Waals surface area contributed by atoms with Gasteiger partial charge in [0.15, 0.2) is 17.4 Å². The van der Waals surface area contributed by atoms with E-state index in [1.54, 1.807) is 19.1 Å². The van der Waals surface area contributed by atoms with Gasteiger partial charge in [-0.05, 0) is 25.1 Å². The number of aromatic nitrogens is 4. The van der Waals surface area contributed by atoms with Gasteiger partial charge in [-0.3, -0.25) is 4.98 Å². The van der Waals surface area contributed by atoms with Crippen LogP contribution in [0, 0.1) is 6.92 Å². The van der Waals surface area contributed by atoms with Gasteiger partial charge in [-0.25, -0.2) is 9.97 Å². The smallest absolute Gasteiger partial charge is 0.418 e. The van der Waals surface area contributed by atoms with Gasteiger partial charge in [-0.15, -0.1) is 0 Å². The normalized spacial score (nSPS) is 12.6. The number of nitrogens with zero attached hydrogens (tertiary/aromatic N) is 4. The maximum absolute atomic E-state index is 13.1. The van der Waals surface area contributed by atoms with Crippen LogP contribution in [0.5, 0.6) is 11.5 Å². The molecule has 3 aromatic heterocycles. The Bertz CT molecular complexity index is 967. The van der Waals surface area contributed by atoms with Gasteiger partial charge < -0.3 is 20.3 Å². The zero-order valence-corrected chi connectivity index (χ0v) is 15.1.